The number of rotatable bonds is 2. The van der Waals surface area contributed by atoms with Crippen molar-refractivity contribution in [1.29, 1.82) is 0 Å². The van der Waals surface area contributed by atoms with Gasteiger partial charge in [-0.3, -0.25) is 0 Å². The summed E-state index contributed by atoms with van der Waals surface area (Å²) in [6.45, 7) is 3.91. The third kappa shape index (κ3) is 1.87. The molecule has 0 saturated carbocycles. The molecule has 3 N–H and O–H groups in total. The molecule has 0 spiro atoms. The highest BCUT2D eigenvalue weighted by atomic mass is 14.7. The minimum Gasteiger partial charge on any atom is -0.402 e. The Bertz CT molecular complexity index is 522. The molecule has 1 aromatic carbocycles. The van der Waals surface area contributed by atoms with Gasteiger partial charge in [0.2, 0.25) is 0 Å². The van der Waals surface area contributed by atoms with Crippen molar-refractivity contribution in [3.63, 3.8) is 0 Å². The van der Waals surface area contributed by atoms with Gasteiger partial charge in [0.1, 0.15) is 0 Å². The Morgan fingerprint density at radius 1 is 1.31 bits per heavy atom. The van der Waals surface area contributed by atoms with E-state index in [2.05, 4.69) is 23.2 Å². The molecule has 1 heterocycles. The SMILES string of the molecule is C/C=C\C(=C(/C)N)c1cc2ccccc2[nH]1. The van der Waals surface area contributed by atoms with Gasteiger partial charge in [-0.1, -0.05) is 30.4 Å². The monoisotopic (exact) mass is 212 g/mol. The first kappa shape index (κ1) is 10.6. The first-order chi connectivity index (χ1) is 7.72. The van der Waals surface area contributed by atoms with Crippen LogP contribution in [0.5, 0.6) is 0 Å². The van der Waals surface area contributed by atoms with Gasteiger partial charge in [-0.2, -0.15) is 0 Å². The van der Waals surface area contributed by atoms with E-state index in [-0.39, 0.29) is 0 Å². The lowest BCUT2D eigenvalue weighted by atomic mass is 10.1. The summed E-state index contributed by atoms with van der Waals surface area (Å²) in [5.74, 6) is 0. The molecule has 16 heavy (non-hydrogen) atoms. The van der Waals surface area contributed by atoms with Crippen LogP contribution in [-0.4, -0.2) is 4.98 Å². The van der Waals surface area contributed by atoms with Crippen molar-refractivity contribution >= 4 is 16.5 Å². The smallest absolute Gasteiger partial charge is 0.0481 e. The van der Waals surface area contributed by atoms with Crippen LogP contribution in [0.4, 0.5) is 0 Å². The Labute approximate surface area is 95.5 Å². The van der Waals surface area contributed by atoms with E-state index in [9.17, 15) is 0 Å². The molecule has 2 rings (SSSR count). The van der Waals surface area contributed by atoms with Gasteiger partial charge in [-0.05, 0) is 26.0 Å². The molecule has 1 aromatic heterocycles. The molecule has 2 aromatic rings. The number of para-hydroxylation sites is 1. The summed E-state index contributed by atoms with van der Waals surface area (Å²) < 4.78 is 0. The standard InChI is InChI=1S/C14H16N2/c1-3-6-12(10(2)15)14-9-11-7-4-5-8-13(11)16-14/h3-9,16H,15H2,1-2H3/b6-3-,12-10-. The van der Waals surface area contributed by atoms with Gasteiger partial charge in [-0.25, -0.2) is 0 Å². The average molecular weight is 212 g/mol. The topological polar surface area (TPSA) is 41.8 Å². The maximum absolute atomic E-state index is 5.88. The predicted octanol–water partition coefficient (Wildman–Crippen LogP) is 3.43. The number of nitrogens with two attached hydrogens (primary N) is 1. The molecular formula is C14H16N2. The van der Waals surface area contributed by atoms with Gasteiger partial charge >= 0.3 is 0 Å². The zero-order valence-corrected chi connectivity index (χ0v) is 9.62. The number of allylic oxidation sites excluding steroid dienone is 4. The van der Waals surface area contributed by atoms with Crippen molar-refractivity contribution in [3.05, 3.63) is 53.9 Å². The second-order valence-electron chi connectivity index (χ2n) is 3.87. The van der Waals surface area contributed by atoms with Gasteiger partial charge in [0.25, 0.3) is 0 Å². The van der Waals surface area contributed by atoms with E-state index in [1.54, 1.807) is 0 Å². The van der Waals surface area contributed by atoms with E-state index in [0.29, 0.717) is 0 Å². The van der Waals surface area contributed by atoms with Crippen molar-refractivity contribution in [2.24, 2.45) is 5.73 Å². The van der Waals surface area contributed by atoms with Crippen molar-refractivity contribution in [2.75, 3.05) is 0 Å². The van der Waals surface area contributed by atoms with Crippen LogP contribution in [-0.2, 0) is 0 Å². The summed E-state index contributed by atoms with van der Waals surface area (Å²) in [5.41, 5.74) is 9.97. The Balaban J connectivity index is 2.58. The van der Waals surface area contributed by atoms with Gasteiger partial charge in [-0.15, -0.1) is 0 Å². The molecule has 0 atom stereocenters. The van der Waals surface area contributed by atoms with Crippen LogP contribution >= 0.6 is 0 Å². The number of hydrogen-bond donors (Lipinski definition) is 2. The van der Waals surface area contributed by atoms with Crippen LogP contribution in [0, 0.1) is 0 Å². The number of fused-ring (bicyclic) bond motifs is 1. The van der Waals surface area contributed by atoms with Gasteiger partial charge in [0.15, 0.2) is 0 Å². The van der Waals surface area contributed by atoms with E-state index in [1.165, 1.54) is 5.39 Å². The predicted molar refractivity (Wildman–Crippen MR) is 69.9 cm³/mol. The van der Waals surface area contributed by atoms with Crippen molar-refractivity contribution in [1.82, 2.24) is 4.98 Å². The average Bonchev–Trinajstić information content (AvgIpc) is 2.68. The second-order valence-corrected chi connectivity index (χ2v) is 3.87. The summed E-state index contributed by atoms with van der Waals surface area (Å²) >= 11 is 0. The fourth-order valence-electron chi connectivity index (χ4n) is 1.82. The minimum absolute atomic E-state index is 0.824. The van der Waals surface area contributed by atoms with Crippen LogP contribution < -0.4 is 5.73 Å². The Morgan fingerprint density at radius 3 is 2.69 bits per heavy atom. The summed E-state index contributed by atoms with van der Waals surface area (Å²) in [6, 6.07) is 10.3. The fourth-order valence-corrected chi connectivity index (χ4v) is 1.82. The molecule has 0 bridgehead atoms. The number of aromatic amines is 1. The van der Waals surface area contributed by atoms with Crippen LogP contribution in [0.25, 0.3) is 16.5 Å². The molecule has 0 aliphatic rings. The van der Waals surface area contributed by atoms with E-state index >= 15 is 0 Å². The molecular weight excluding hydrogens is 196 g/mol. The molecule has 0 saturated heterocycles. The van der Waals surface area contributed by atoms with Crippen molar-refractivity contribution in [2.45, 2.75) is 13.8 Å². The van der Waals surface area contributed by atoms with Crippen molar-refractivity contribution in [3.8, 4) is 0 Å². The largest absolute Gasteiger partial charge is 0.402 e. The highest BCUT2D eigenvalue weighted by Crippen LogP contribution is 2.22. The normalized spacial score (nSPS) is 13.4. The molecule has 2 heteroatoms. The van der Waals surface area contributed by atoms with Crippen LogP contribution in [0.2, 0.25) is 0 Å². The Morgan fingerprint density at radius 2 is 2.06 bits per heavy atom. The summed E-state index contributed by atoms with van der Waals surface area (Å²) in [5, 5.41) is 1.21. The molecule has 0 fully saturated rings. The molecule has 0 radical (unpaired) electrons. The van der Waals surface area contributed by atoms with Crippen LogP contribution in [0.15, 0.2) is 48.2 Å². The minimum atomic E-state index is 0.824. The Kier molecular flexibility index (Phi) is 2.82. The molecule has 2 nitrogen and oxygen atoms in total. The fraction of sp³-hybridized carbons (Fsp3) is 0.143. The second kappa shape index (κ2) is 4.27. The first-order valence-corrected chi connectivity index (χ1v) is 5.39. The lowest BCUT2D eigenvalue weighted by Crippen LogP contribution is -1.96. The van der Waals surface area contributed by atoms with E-state index in [1.807, 2.05) is 38.1 Å². The number of hydrogen-bond acceptors (Lipinski definition) is 1. The van der Waals surface area contributed by atoms with Crippen LogP contribution in [0.3, 0.4) is 0 Å². The van der Waals surface area contributed by atoms with Gasteiger partial charge < -0.3 is 10.7 Å². The summed E-state index contributed by atoms with van der Waals surface area (Å²) in [6.07, 6.45) is 4.03. The van der Waals surface area contributed by atoms with E-state index < -0.39 is 0 Å². The maximum Gasteiger partial charge on any atom is 0.0481 e. The number of nitrogens with one attached hydrogen (secondary N) is 1. The summed E-state index contributed by atoms with van der Waals surface area (Å²) in [7, 11) is 0. The highest BCUT2D eigenvalue weighted by molar-refractivity contribution is 5.87. The zero-order valence-electron chi connectivity index (χ0n) is 9.62. The quantitative estimate of drug-likeness (QED) is 0.736. The van der Waals surface area contributed by atoms with Gasteiger partial charge in [0.05, 0.1) is 0 Å². The van der Waals surface area contributed by atoms with Crippen LogP contribution in [0.1, 0.15) is 19.5 Å². The third-order valence-corrected chi connectivity index (χ3v) is 2.58. The Hall–Kier alpha value is -1.96. The lowest BCUT2D eigenvalue weighted by Gasteiger charge is -2.01. The zero-order chi connectivity index (χ0) is 11.5. The number of benzene rings is 1. The van der Waals surface area contributed by atoms with Crippen molar-refractivity contribution < 1.29 is 0 Å². The third-order valence-electron chi connectivity index (χ3n) is 2.58. The molecule has 0 amide bonds. The number of H-pyrrole nitrogens is 1. The molecule has 0 aliphatic heterocycles. The summed E-state index contributed by atoms with van der Waals surface area (Å²) in [4.78, 5) is 3.37. The van der Waals surface area contributed by atoms with Gasteiger partial charge in [0, 0.05) is 27.9 Å². The maximum atomic E-state index is 5.88. The van der Waals surface area contributed by atoms with E-state index in [4.69, 9.17) is 5.73 Å². The van der Waals surface area contributed by atoms with E-state index in [0.717, 1.165) is 22.5 Å². The molecule has 82 valence electrons. The molecule has 0 aliphatic carbocycles. The highest BCUT2D eigenvalue weighted by Gasteiger charge is 2.04. The molecule has 0 unspecified atom stereocenters. The lowest BCUT2D eigenvalue weighted by molar-refractivity contribution is 1.29. The number of aromatic nitrogens is 1. The first-order valence-electron chi connectivity index (χ1n) is 5.39.